The van der Waals surface area contributed by atoms with Crippen molar-refractivity contribution in [3.8, 4) is 0 Å². The van der Waals surface area contributed by atoms with E-state index in [0.29, 0.717) is 25.8 Å². The van der Waals surface area contributed by atoms with Crippen LogP contribution in [0.4, 0.5) is 9.59 Å². The van der Waals surface area contributed by atoms with Crippen LogP contribution in [0.15, 0.2) is 60.7 Å². The van der Waals surface area contributed by atoms with Gasteiger partial charge in [-0.3, -0.25) is 9.59 Å². The zero-order chi connectivity index (χ0) is 27.8. The van der Waals surface area contributed by atoms with Crippen LogP contribution in [-0.2, 0) is 32.3 Å². The fraction of sp³-hybridized carbons (Fsp3) is 0.429. The van der Waals surface area contributed by atoms with E-state index in [1.54, 1.807) is 0 Å². The number of alkyl carbamates (subject to hydrolysis) is 2. The van der Waals surface area contributed by atoms with Gasteiger partial charge in [-0.25, -0.2) is 9.59 Å². The maximum absolute atomic E-state index is 13.0. The molecule has 10 nitrogen and oxygen atoms in total. The van der Waals surface area contributed by atoms with Crippen LogP contribution in [0, 0.1) is 5.92 Å². The van der Waals surface area contributed by atoms with Crippen molar-refractivity contribution in [1.29, 1.82) is 0 Å². The molecule has 0 bridgehead atoms. The molecular formula is C28H38N4O6. The van der Waals surface area contributed by atoms with Crippen molar-refractivity contribution in [1.82, 2.24) is 16.0 Å². The Bertz CT molecular complexity index is 1020. The van der Waals surface area contributed by atoms with Crippen molar-refractivity contribution < 1.29 is 28.7 Å². The number of hydrogen-bond acceptors (Lipinski definition) is 6. The molecule has 4 amide bonds. The van der Waals surface area contributed by atoms with Crippen LogP contribution in [-0.4, -0.2) is 42.6 Å². The molecule has 206 valence electrons. The van der Waals surface area contributed by atoms with Crippen molar-refractivity contribution in [2.45, 2.75) is 64.8 Å². The summed E-state index contributed by atoms with van der Waals surface area (Å²) in [5, 5.41) is 7.92. The van der Waals surface area contributed by atoms with Crippen LogP contribution in [0.2, 0.25) is 0 Å². The minimum atomic E-state index is -0.950. The smallest absolute Gasteiger partial charge is 0.408 e. The van der Waals surface area contributed by atoms with E-state index in [9.17, 15) is 19.2 Å². The molecule has 0 heterocycles. The summed E-state index contributed by atoms with van der Waals surface area (Å²) >= 11 is 0. The third-order valence-electron chi connectivity index (χ3n) is 6.04. The predicted molar refractivity (Wildman–Crippen MR) is 143 cm³/mol. The Morgan fingerprint density at radius 1 is 0.816 bits per heavy atom. The Labute approximate surface area is 223 Å². The first-order chi connectivity index (χ1) is 18.3. The first-order valence-electron chi connectivity index (χ1n) is 12.8. The molecule has 0 aliphatic carbocycles. The maximum atomic E-state index is 13.0. The van der Waals surface area contributed by atoms with Gasteiger partial charge in [0.05, 0.1) is 0 Å². The number of ether oxygens (including phenoxy) is 2. The van der Waals surface area contributed by atoms with Crippen LogP contribution in [0.3, 0.4) is 0 Å². The number of carbonyl (C=O) groups is 4. The van der Waals surface area contributed by atoms with E-state index in [0.717, 1.165) is 11.1 Å². The van der Waals surface area contributed by atoms with Gasteiger partial charge in [-0.15, -0.1) is 0 Å². The number of primary amides is 1. The van der Waals surface area contributed by atoms with E-state index in [1.165, 1.54) is 0 Å². The van der Waals surface area contributed by atoms with Crippen molar-refractivity contribution in [2.24, 2.45) is 11.7 Å². The standard InChI is InChI=1S/C28H38N4O6/c1-3-20(2)24(25(29)33)32-26(34)23(31-28(36)38-19-22-14-8-5-9-15-22)16-10-11-17-30-27(35)37-18-21-12-6-4-7-13-21/h4-9,12-15,20,23-24H,3,10-11,16-19H2,1-2H3,(H2,29,33)(H,30,35)(H,31,36)(H,32,34). The highest BCUT2D eigenvalue weighted by Crippen LogP contribution is 2.10. The summed E-state index contributed by atoms with van der Waals surface area (Å²) in [6, 6.07) is 16.7. The Hall–Kier alpha value is -4.08. The summed E-state index contributed by atoms with van der Waals surface area (Å²) in [6.45, 7) is 4.25. The second-order valence-electron chi connectivity index (χ2n) is 9.02. The monoisotopic (exact) mass is 526 g/mol. The molecule has 38 heavy (non-hydrogen) atoms. The lowest BCUT2D eigenvalue weighted by atomic mass is 9.98. The molecule has 0 aromatic heterocycles. The number of hydrogen-bond donors (Lipinski definition) is 4. The average Bonchev–Trinajstić information content (AvgIpc) is 2.93. The Balaban J connectivity index is 1.85. The molecule has 2 rings (SSSR count). The number of nitrogens with two attached hydrogens (primary N) is 1. The minimum absolute atomic E-state index is 0.0484. The van der Waals surface area contributed by atoms with Crippen LogP contribution in [0.1, 0.15) is 50.7 Å². The summed E-state index contributed by atoms with van der Waals surface area (Å²) in [7, 11) is 0. The van der Waals surface area contributed by atoms with Crippen LogP contribution < -0.4 is 21.7 Å². The van der Waals surface area contributed by atoms with Crippen molar-refractivity contribution in [3.63, 3.8) is 0 Å². The third kappa shape index (κ3) is 11.3. The Kier molecular flexibility index (Phi) is 13.2. The first-order valence-corrected chi connectivity index (χ1v) is 12.8. The highest BCUT2D eigenvalue weighted by Gasteiger charge is 2.28. The van der Waals surface area contributed by atoms with Gasteiger partial charge in [0.1, 0.15) is 25.3 Å². The first kappa shape index (κ1) is 30.1. The van der Waals surface area contributed by atoms with Gasteiger partial charge in [0.25, 0.3) is 0 Å². The SMILES string of the molecule is CCC(C)C(NC(=O)C(CCCCNC(=O)OCc1ccccc1)NC(=O)OCc1ccccc1)C(N)=O. The van der Waals surface area contributed by atoms with E-state index >= 15 is 0 Å². The molecule has 0 aliphatic rings. The molecule has 0 fully saturated rings. The minimum Gasteiger partial charge on any atom is -0.445 e. The molecule has 10 heteroatoms. The highest BCUT2D eigenvalue weighted by molar-refractivity contribution is 5.90. The fourth-order valence-electron chi connectivity index (χ4n) is 3.60. The largest absolute Gasteiger partial charge is 0.445 e. The molecule has 0 aliphatic heterocycles. The summed E-state index contributed by atoms with van der Waals surface area (Å²) in [4.78, 5) is 49.2. The van der Waals surface area contributed by atoms with Crippen LogP contribution >= 0.6 is 0 Å². The second kappa shape index (κ2) is 16.6. The van der Waals surface area contributed by atoms with Gasteiger partial charge in [-0.1, -0.05) is 80.9 Å². The fourth-order valence-corrected chi connectivity index (χ4v) is 3.60. The second-order valence-corrected chi connectivity index (χ2v) is 9.02. The summed E-state index contributed by atoms with van der Waals surface area (Å²) in [5.74, 6) is -1.34. The lowest BCUT2D eigenvalue weighted by Crippen LogP contribution is -2.55. The van der Waals surface area contributed by atoms with Gasteiger partial charge < -0.3 is 31.2 Å². The van der Waals surface area contributed by atoms with E-state index in [-0.39, 0.29) is 25.6 Å². The van der Waals surface area contributed by atoms with E-state index in [4.69, 9.17) is 15.2 Å². The third-order valence-corrected chi connectivity index (χ3v) is 6.04. The summed E-state index contributed by atoms with van der Waals surface area (Å²) in [6.07, 6.45) is 0.645. The molecule has 2 aromatic carbocycles. The number of amides is 4. The Morgan fingerprint density at radius 3 is 1.89 bits per heavy atom. The highest BCUT2D eigenvalue weighted by atomic mass is 16.6. The van der Waals surface area contributed by atoms with Gasteiger partial charge in [-0.05, 0) is 36.3 Å². The molecule has 0 radical (unpaired) electrons. The van der Waals surface area contributed by atoms with Crippen molar-refractivity contribution >= 4 is 24.0 Å². The summed E-state index contributed by atoms with van der Waals surface area (Å²) in [5.41, 5.74) is 7.17. The maximum Gasteiger partial charge on any atom is 0.408 e. The number of benzene rings is 2. The van der Waals surface area contributed by atoms with Gasteiger partial charge in [0, 0.05) is 6.54 Å². The Morgan fingerprint density at radius 2 is 1.37 bits per heavy atom. The van der Waals surface area contributed by atoms with E-state index in [2.05, 4.69) is 16.0 Å². The molecule has 5 N–H and O–H groups in total. The average molecular weight is 527 g/mol. The lowest BCUT2D eigenvalue weighted by molar-refractivity contribution is -0.129. The van der Waals surface area contributed by atoms with Gasteiger partial charge in [0.15, 0.2) is 0 Å². The van der Waals surface area contributed by atoms with Crippen molar-refractivity contribution in [2.75, 3.05) is 6.54 Å². The zero-order valence-corrected chi connectivity index (χ0v) is 22.0. The normalized spacial score (nSPS) is 12.9. The van der Waals surface area contributed by atoms with E-state index < -0.39 is 36.1 Å². The molecule has 0 saturated carbocycles. The number of nitrogens with one attached hydrogen (secondary N) is 3. The molecule has 0 saturated heterocycles. The van der Waals surface area contributed by atoms with Crippen molar-refractivity contribution in [3.05, 3.63) is 71.8 Å². The number of rotatable bonds is 15. The van der Waals surface area contributed by atoms with Crippen LogP contribution in [0.5, 0.6) is 0 Å². The molecule has 3 unspecified atom stereocenters. The summed E-state index contributed by atoms with van der Waals surface area (Å²) < 4.78 is 10.4. The number of carbonyl (C=O) groups excluding carboxylic acids is 4. The van der Waals surface area contributed by atoms with Gasteiger partial charge >= 0.3 is 12.2 Å². The van der Waals surface area contributed by atoms with Gasteiger partial charge in [-0.2, -0.15) is 0 Å². The quantitative estimate of drug-likeness (QED) is 0.261. The van der Waals surface area contributed by atoms with E-state index in [1.807, 2.05) is 74.5 Å². The molecule has 3 atom stereocenters. The zero-order valence-electron chi connectivity index (χ0n) is 22.0. The lowest BCUT2D eigenvalue weighted by Gasteiger charge is -2.25. The topological polar surface area (TPSA) is 149 Å². The molecule has 2 aromatic rings. The number of unbranched alkanes of at least 4 members (excludes halogenated alkanes) is 1. The van der Waals surface area contributed by atoms with Gasteiger partial charge in [0.2, 0.25) is 11.8 Å². The predicted octanol–water partition coefficient (Wildman–Crippen LogP) is 3.39. The van der Waals surface area contributed by atoms with Crippen LogP contribution in [0.25, 0.3) is 0 Å². The molecular weight excluding hydrogens is 488 g/mol. The molecule has 0 spiro atoms.